The Labute approximate surface area is 117 Å². The molecule has 2 aliphatic heterocycles. The van der Waals surface area contributed by atoms with E-state index < -0.39 is 0 Å². The summed E-state index contributed by atoms with van der Waals surface area (Å²) in [6.45, 7) is 0.749. The third-order valence-electron chi connectivity index (χ3n) is 4.20. The Balaban J connectivity index is 2.02. The van der Waals surface area contributed by atoms with Crippen LogP contribution in [0.3, 0.4) is 0 Å². The van der Waals surface area contributed by atoms with Crippen molar-refractivity contribution in [3.8, 4) is 0 Å². The molecule has 2 heterocycles. The van der Waals surface area contributed by atoms with Gasteiger partial charge in [0, 0.05) is 23.4 Å². The van der Waals surface area contributed by atoms with Crippen LogP contribution in [0.25, 0.3) is 0 Å². The second kappa shape index (κ2) is 4.63. The highest BCUT2D eigenvalue weighted by atomic mass is 32.2. The van der Waals surface area contributed by atoms with Crippen molar-refractivity contribution in [2.45, 2.75) is 18.0 Å². The van der Waals surface area contributed by atoms with Gasteiger partial charge in [-0.2, -0.15) is 11.8 Å². The lowest BCUT2D eigenvalue weighted by Gasteiger charge is -2.31. The largest absolute Gasteiger partial charge is 0.453 e. The molecule has 0 spiro atoms. The summed E-state index contributed by atoms with van der Waals surface area (Å²) in [5.41, 5.74) is 2.50. The number of hydrogen-bond acceptors (Lipinski definition) is 4. The van der Waals surface area contributed by atoms with Gasteiger partial charge in [-0.15, -0.1) is 0 Å². The number of para-hydroxylation sites is 1. The maximum absolute atomic E-state index is 11.9. The van der Waals surface area contributed by atoms with Crippen molar-refractivity contribution in [2.75, 3.05) is 31.0 Å². The van der Waals surface area contributed by atoms with Gasteiger partial charge in [-0.1, -0.05) is 18.2 Å². The second-order valence-corrected chi connectivity index (χ2v) is 5.96. The summed E-state index contributed by atoms with van der Waals surface area (Å²) in [5.74, 6) is 1.01. The molecule has 102 valence electrons. The molecule has 1 N–H and O–H groups in total. The van der Waals surface area contributed by atoms with Gasteiger partial charge in [0.15, 0.2) is 0 Å². The number of likely N-dealkylation sites (tertiary alicyclic amines) is 1. The number of methoxy groups -OCH3 is 1. The van der Waals surface area contributed by atoms with Crippen LogP contribution in [0.1, 0.15) is 12.0 Å². The van der Waals surface area contributed by atoms with Crippen LogP contribution < -0.4 is 5.32 Å². The number of carbonyl (C=O) groups excluding carboxylic acids is 1. The maximum Gasteiger partial charge on any atom is 0.411 e. The van der Waals surface area contributed by atoms with Gasteiger partial charge in [-0.25, -0.2) is 4.79 Å². The molecule has 1 aromatic carbocycles. The maximum atomic E-state index is 11.9. The molecule has 2 atom stereocenters. The Morgan fingerprint density at radius 1 is 1.58 bits per heavy atom. The Kier molecular flexibility index (Phi) is 3.09. The summed E-state index contributed by atoms with van der Waals surface area (Å²) in [7, 11) is 1.44. The van der Waals surface area contributed by atoms with E-state index in [1.165, 1.54) is 12.7 Å². The SMILES string of the molecule is COC(=O)N1CC[C@@]2(CSC)c3ccccc3NC12. The van der Waals surface area contributed by atoms with Crippen LogP contribution in [-0.2, 0) is 10.2 Å². The second-order valence-electron chi connectivity index (χ2n) is 5.10. The first kappa shape index (κ1) is 12.7. The molecule has 0 aliphatic carbocycles. The number of amides is 1. The van der Waals surface area contributed by atoms with E-state index in [1.54, 1.807) is 0 Å². The Morgan fingerprint density at radius 3 is 3.11 bits per heavy atom. The molecular formula is C14H18N2O2S. The van der Waals surface area contributed by atoms with Crippen LogP contribution in [0.2, 0.25) is 0 Å². The predicted molar refractivity (Wildman–Crippen MR) is 77.6 cm³/mol. The lowest BCUT2D eigenvalue weighted by Crippen LogP contribution is -2.47. The van der Waals surface area contributed by atoms with E-state index in [4.69, 9.17) is 4.74 Å². The molecular weight excluding hydrogens is 260 g/mol. The molecule has 3 rings (SSSR count). The van der Waals surface area contributed by atoms with Gasteiger partial charge in [0.1, 0.15) is 6.17 Å². The highest BCUT2D eigenvalue weighted by molar-refractivity contribution is 7.98. The van der Waals surface area contributed by atoms with E-state index >= 15 is 0 Å². The topological polar surface area (TPSA) is 41.6 Å². The molecule has 19 heavy (non-hydrogen) atoms. The van der Waals surface area contributed by atoms with Crippen molar-refractivity contribution < 1.29 is 9.53 Å². The van der Waals surface area contributed by atoms with Crippen molar-refractivity contribution >= 4 is 23.5 Å². The fraction of sp³-hybridized carbons (Fsp3) is 0.500. The van der Waals surface area contributed by atoms with E-state index in [0.717, 1.165) is 24.4 Å². The summed E-state index contributed by atoms with van der Waals surface area (Å²) in [4.78, 5) is 13.7. The average Bonchev–Trinajstić information content (AvgIpc) is 2.92. The van der Waals surface area contributed by atoms with Crippen LogP contribution in [0.5, 0.6) is 0 Å². The number of nitrogens with one attached hydrogen (secondary N) is 1. The standard InChI is InChI=1S/C14H18N2O2S/c1-18-13(17)16-8-7-14(9-19-2)10-5-3-4-6-11(10)15-12(14)16/h3-6,12,15H,7-9H2,1-2H3/t12?,14-/m1/s1. The minimum atomic E-state index is -0.242. The molecule has 1 unspecified atom stereocenters. The van der Waals surface area contributed by atoms with Crippen LogP contribution in [0.15, 0.2) is 24.3 Å². The number of fused-ring (bicyclic) bond motifs is 3. The van der Waals surface area contributed by atoms with Crippen molar-refractivity contribution in [2.24, 2.45) is 0 Å². The molecule has 1 saturated heterocycles. The Bertz CT molecular complexity index is 508. The predicted octanol–water partition coefficient (Wildman–Crippen LogP) is 2.51. The van der Waals surface area contributed by atoms with Crippen LogP contribution >= 0.6 is 11.8 Å². The van der Waals surface area contributed by atoms with Crippen molar-refractivity contribution in [1.29, 1.82) is 0 Å². The van der Waals surface area contributed by atoms with E-state index in [9.17, 15) is 4.79 Å². The normalized spacial score (nSPS) is 27.7. The minimum absolute atomic E-state index is 0.0181. The van der Waals surface area contributed by atoms with E-state index in [2.05, 4.69) is 29.8 Å². The first-order chi connectivity index (χ1) is 9.23. The summed E-state index contributed by atoms with van der Waals surface area (Å²) in [5, 5.41) is 3.50. The summed E-state index contributed by atoms with van der Waals surface area (Å²) in [6.07, 6.45) is 2.88. The van der Waals surface area contributed by atoms with Crippen LogP contribution in [0, 0.1) is 0 Å². The van der Waals surface area contributed by atoms with Gasteiger partial charge in [-0.3, -0.25) is 4.90 Å². The smallest absolute Gasteiger partial charge is 0.411 e. The number of hydrogen-bond donors (Lipinski definition) is 1. The molecule has 0 saturated carbocycles. The van der Waals surface area contributed by atoms with Gasteiger partial charge in [0.05, 0.1) is 7.11 Å². The van der Waals surface area contributed by atoms with Crippen molar-refractivity contribution in [3.63, 3.8) is 0 Å². The van der Waals surface area contributed by atoms with E-state index in [1.807, 2.05) is 22.7 Å². The fourth-order valence-corrected chi connectivity index (χ4v) is 4.35. The number of benzene rings is 1. The molecule has 1 fully saturated rings. The van der Waals surface area contributed by atoms with Gasteiger partial charge in [0.25, 0.3) is 0 Å². The Hall–Kier alpha value is -1.36. The first-order valence-corrected chi connectivity index (χ1v) is 7.82. The summed E-state index contributed by atoms with van der Waals surface area (Å²) < 4.78 is 4.90. The zero-order valence-corrected chi connectivity index (χ0v) is 12.0. The number of rotatable bonds is 2. The summed E-state index contributed by atoms with van der Waals surface area (Å²) in [6, 6.07) is 8.37. The van der Waals surface area contributed by atoms with Gasteiger partial charge in [0.2, 0.25) is 0 Å². The van der Waals surface area contributed by atoms with E-state index in [-0.39, 0.29) is 17.7 Å². The first-order valence-electron chi connectivity index (χ1n) is 6.42. The zero-order valence-electron chi connectivity index (χ0n) is 11.2. The molecule has 5 heteroatoms. The highest BCUT2D eigenvalue weighted by Crippen LogP contribution is 2.50. The van der Waals surface area contributed by atoms with Gasteiger partial charge < -0.3 is 10.1 Å². The van der Waals surface area contributed by atoms with Gasteiger partial charge >= 0.3 is 6.09 Å². The molecule has 1 aromatic rings. The van der Waals surface area contributed by atoms with Crippen molar-refractivity contribution in [3.05, 3.63) is 29.8 Å². The molecule has 2 aliphatic rings. The number of anilines is 1. The summed E-state index contributed by atoms with van der Waals surface area (Å²) >= 11 is 1.83. The minimum Gasteiger partial charge on any atom is -0.453 e. The fourth-order valence-electron chi connectivity index (χ4n) is 3.37. The number of ether oxygens (including phenoxy) is 1. The molecule has 0 bridgehead atoms. The molecule has 0 radical (unpaired) electrons. The zero-order chi connectivity index (χ0) is 13.5. The third-order valence-corrected chi connectivity index (χ3v) is 5.00. The van der Waals surface area contributed by atoms with Crippen molar-refractivity contribution in [1.82, 2.24) is 4.90 Å². The van der Waals surface area contributed by atoms with Crippen LogP contribution in [-0.4, -0.2) is 42.8 Å². The van der Waals surface area contributed by atoms with E-state index in [0.29, 0.717) is 0 Å². The quantitative estimate of drug-likeness (QED) is 0.902. The number of nitrogens with zero attached hydrogens (tertiary/aromatic N) is 1. The third kappa shape index (κ3) is 1.71. The molecule has 1 amide bonds. The monoisotopic (exact) mass is 278 g/mol. The van der Waals surface area contributed by atoms with Gasteiger partial charge in [-0.05, 0) is 24.3 Å². The highest BCUT2D eigenvalue weighted by Gasteiger charge is 2.54. The molecule has 4 nitrogen and oxygen atoms in total. The average molecular weight is 278 g/mol. The number of carbonyl (C=O) groups is 1. The lowest BCUT2D eigenvalue weighted by molar-refractivity contribution is 0.119. The molecule has 0 aromatic heterocycles. The lowest BCUT2D eigenvalue weighted by atomic mass is 9.81. The number of thioether (sulfide) groups is 1. The Morgan fingerprint density at radius 2 is 2.37 bits per heavy atom. The van der Waals surface area contributed by atoms with Crippen LogP contribution in [0.4, 0.5) is 10.5 Å².